The van der Waals surface area contributed by atoms with E-state index in [0.29, 0.717) is 12.5 Å². The maximum absolute atomic E-state index is 6.14. The number of hydrogen-bond acceptors (Lipinski definition) is 2. The van der Waals surface area contributed by atoms with E-state index < -0.39 is 0 Å². The summed E-state index contributed by atoms with van der Waals surface area (Å²) in [6.07, 6.45) is 3.10. The lowest BCUT2D eigenvalue weighted by Gasteiger charge is -2.21. The Morgan fingerprint density at radius 3 is 2.40 bits per heavy atom. The number of anilines is 1. The first-order valence-corrected chi connectivity index (χ1v) is 9.27. The van der Waals surface area contributed by atoms with Gasteiger partial charge in [0.25, 0.3) is 0 Å². The molecule has 3 heteroatoms. The van der Waals surface area contributed by atoms with Crippen molar-refractivity contribution in [2.45, 2.75) is 33.1 Å². The number of aryl methyl sites for hydroxylation is 1. The van der Waals surface area contributed by atoms with E-state index in [0.717, 1.165) is 19.5 Å². The van der Waals surface area contributed by atoms with Crippen LogP contribution in [0.25, 0.3) is 10.9 Å². The van der Waals surface area contributed by atoms with Crippen molar-refractivity contribution in [1.29, 1.82) is 0 Å². The first-order chi connectivity index (χ1) is 12.2. The van der Waals surface area contributed by atoms with Crippen LogP contribution in [0.1, 0.15) is 36.5 Å². The molecule has 0 saturated heterocycles. The van der Waals surface area contributed by atoms with Crippen LogP contribution in [0.4, 0.5) is 5.69 Å². The molecule has 0 aliphatic carbocycles. The molecule has 0 radical (unpaired) electrons. The molecule has 3 nitrogen and oxygen atoms in total. The quantitative estimate of drug-likeness (QED) is 0.662. The van der Waals surface area contributed by atoms with Gasteiger partial charge < -0.3 is 15.6 Å². The fraction of sp³-hybridized carbons (Fsp3) is 0.364. The molecule has 0 aliphatic heterocycles. The van der Waals surface area contributed by atoms with Crippen LogP contribution in [0, 0.1) is 6.92 Å². The third-order valence-electron chi connectivity index (χ3n) is 5.14. The van der Waals surface area contributed by atoms with Gasteiger partial charge in [0, 0.05) is 41.8 Å². The van der Waals surface area contributed by atoms with Crippen molar-refractivity contribution in [2.24, 2.45) is 5.73 Å². The Balaban J connectivity index is 1.83. The van der Waals surface area contributed by atoms with Gasteiger partial charge >= 0.3 is 0 Å². The van der Waals surface area contributed by atoms with Crippen molar-refractivity contribution < 1.29 is 0 Å². The predicted molar refractivity (Wildman–Crippen MR) is 109 cm³/mol. The Morgan fingerprint density at radius 1 is 1.04 bits per heavy atom. The molecule has 0 amide bonds. The number of nitrogens with two attached hydrogens (primary N) is 1. The number of nitrogens with one attached hydrogen (secondary N) is 1. The normalized spacial score (nSPS) is 12.5. The van der Waals surface area contributed by atoms with Gasteiger partial charge in [-0.2, -0.15) is 0 Å². The average Bonchev–Trinajstić information content (AvgIpc) is 3.05. The van der Waals surface area contributed by atoms with E-state index in [9.17, 15) is 0 Å². The summed E-state index contributed by atoms with van der Waals surface area (Å²) in [4.78, 5) is 5.76. The van der Waals surface area contributed by atoms with Crippen LogP contribution in [0.2, 0.25) is 0 Å². The van der Waals surface area contributed by atoms with Gasteiger partial charge in [0.05, 0.1) is 0 Å². The minimum absolute atomic E-state index is 0.329. The monoisotopic (exact) mass is 335 g/mol. The van der Waals surface area contributed by atoms with Crippen molar-refractivity contribution in [3.05, 3.63) is 65.4 Å². The predicted octanol–water partition coefficient (Wildman–Crippen LogP) is 4.61. The summed E-state index contributed by atoms with van der Waals surface area (Å²) in [6.45, 7) is 9.26. The molecule has 0 bridgehead atoms. The highest BCUT2D eigenvalue weighted by Crippen LogP contribution is 2.29. The molecule has 25 heavy (non-hydrogen) atoms. The van der Waals surface area contributed by atoms with Gasteiger partial charge in [-0.25, -0.2) is 0 Å². The zero-order valence-corrected chi connectivity index (χ0v) is 15.5. The molecule has 2 aromatic carbocycles. The molecule has 1 heterocycles. The van der Waals surface area contributed by atoms with Gasteiger partial charge in [0.1, 0.15) is 0 Å². The molecule has 0 fully saturated rings. The number of fused-ring (bicyclic) bond motifs is 1. The van der Waals surface area contributed by atoms with E-state index >= 15 is 0 Å². The molecule has 3 rings (SSSR count). The van der Waals surface area contributed by atoms with Crippen LogP contribution >= 0.6 is 0 Å². The zero-order chi connectivity index (χ0) is 17.8. The lowest BCUT2D eigenvalue weighted by molar-refractivity contribution is 0.699. The van der Waals surface area contributed by atoms with E-state index in [2.05, 4.69) is 79.3 Å². The van der Waals surface area contributed by atoms with Crippen LogP contribution < -0.4 is 10.6 Å². The molecule has 3 aromatic rings. The first kappa shape index (κ1) is 17.6. The van der Waals surface area contributed by atoms with Gasteiger partial charge in [-0.3, -0.25) is 0 Å². The molecular weight excluding hydrogens is 306 g/mol. The molecule has 3 N–H and O–H groups in total. The molecule has 0 aliphatic rings. The van der Waals surface area contributed by atoms with E-state index in [-0.39, 0.29) is 0 Å². The number of aromatic nitrogens is 1. The van der Waals surface area contributed by atoms with E-state index in [4.69, 9.17) is 5.73 Å². The second-order valence-corrected chi connectivity index (χ2v) is 6.77. The van der Waals surface area contributed by atoms with E-state index in [1.807, 2.05) is 0 Å². The fourth-order valence-corrected chi connectivity index (χ4v) is 3.63. The second-order valence-electron chi connectivity index (χ2n) is 6.77. The molecule has 0 spiro atoms. The van der Waals surface area contributed by atoms with Crippen molar-refractivity contribution in [3.8, 4) is 0 Å². The molecule has 132 valence electrons. The van der Waals surface area contributed by atoms with Gasteiger partial charge in [-0.1, -0.05) is 23.8 Å². The highest BCUT2D eigenvalue weighted by molar-refractivity contribution is 5.84. The van der Waals surface area contributed by atoms with Crippen LogP contribution in [0.15, 0.2) is 48.7 Å². The Bertz CT molecular complexity index is 813. The van der Waals surface area contributed by atoms with Crippen molar-refractivity contribution in [1.82, 2.24) is 4.98 Å². The highest BCUT2D eigenvalue weighted by atomic mass is 15.1. The minimum Gasteiger partial charge on any atom is -0.372 e. The number of aromatic amines is 1. The van der Waals surface area contributed by atoms with Crippen molar-refractivity contribution in [3.63, 3.8) is 0 Å². The van der Waals surface area contributed by atoms with Crippen LogP contribution in [-0.2, 0) is 6.42 Å². The smallest absolute Gasteiger partial charge is 0.0457 e. The van der Waals surface area contributed by atoms with E-state index in [1.165, 1.54) is 33.3 Å². The van der Waals surface area contributed by atoms with Crippen molar-refractivity contribution in [2.75, 3.05) is 24.5 Å². The Hall–Kier alpha value is -2.26. The van der Waals surface area contributed by atoms with Crippen LogP contribution in [-0.4, -0.2) is 24.6 Å². The molecular formula is C22H29N3. The topological polar surface area (TPSA) is 45.0 Å². The summed E-state index contributed by atoms with van der Waals surface area (Å²) in [5, 5.41) is 1.30. The number of hydrogen-bond donors (Lipinski definition) is 2. The molecule has 0 saturated carbocycles. The summed E-state index contributed by atoms with van der Waals surface area (Å²) in [5.74, 6) is 0.329. The minimum atomic E-state index is 0.329. The molecule has 1 atom stereocenters. The summed E-state index contributed by atoms with van der Waals surface area (Å²) in [5.41, 5.74) is 12.6. The number of nitrogens with zero attached hydrogens (tertiary/aromatic N) is 1. The second kappa shape index (κ2) is 7.75. The average molecular weight is 335 g/mol. The Labute approximate surface area is 150 Å². The van der Waals surface area contributed by atoms with Crippen molar-refractivity contribution >= 4 is 16.6 Å². The van der Waals surface area contributed by atoms with E-state index in [1.54, 1.807) is 0 Å². The molecule has 1 aromatic heterocycles. The lowest BCUT2D eigenvalue weighted by Crippen LogP contribution is -2.21. The zero-order valence-electron chi connectivity index (χ0n) is 15.5. The largest absolute Gasteiger partial charge is 0.372 e. The number of H-pyrrole nitrogens is 1. The Morgan fingerprint density at radius 2 is 1.76 bits per heavy atom. The summed E-state index contributed by atoms with van der Waals surface area (Å²) in [6, 6.07) is 15.5. The van der Waals surface area contributed by atoms with Crippen LogP contribution in [0.3, 0.4) is 0 Å². The summed E-state index contributed by atoms with van der Waals surface area (Å²) >= 11 is 0. The maximum Gasteiger partial charge on any atom is 0.0457 e. The highest BCUT2D eigenvalue weighted by Gasteiger charge is 2.15. The third kappa shape index (κ3) is 3.72. The first-order valence-electron chi connectivity index (χ1n) is 9.27. The Kier molecular flexibility index (Phi) is 5.44. The summed E-state index contributed by atoms with van der Waals surface area (Å²) < 4.78 is 0. The molecule has 1 unspecified atom stereocenters. The summed E-state index contributed by atoms with van der Waals surface area (Å²) in [7, 11) is 0. The lowest BCUT2D eigenvalue weighted by atomic mass is 9.91. The SMILES string of the molecule is CCN(CC)c1ccc(CC(CN)c2c[nH]c3ccc(C)cc23)cc1. The van der Waals surface area contributed by atoms with Gasteiger partial charge in [-0.15, -0.1) is 0 Å². The van der Waals surface area contributed by atoms with Gasteiger partial charge in [-0.05, 0) is 69.1 Å². The van der Waals surface area contributed by atoms with Crippen LogP contribution in [0.5, 0.6) is 0 Å². The van der Waals surface area contributed by atoms with Gasteiger partial charge in [0.15, 0.2) is 0 Å². The maximum atomic E-state index is 6.14. The third-order valence-corrected chi connectivity index (χ3v) is 5.14. The standard InChI is InChI=1S/C22H29N3/c1-4-25(5-2)19-9-7-17(8-10-19)13-18(14-23)21-15-24-22-11-6-16(3)12-20(21)22/h6-12,15,18,24H,4-5,13-14,23H2,1-3H3. The number of benzene rings is 2. The fourth-order valence-electron chi connectivity index (χ4n) is 3.63. The van der Waals surface area contributed by atoms with Gasteiger partial charge in [0.2, 0.25) is 0 Å². The number of rotatable bonds is 7.